The summed E-state index contributed by atoms with van der Waals surface area (Å²) in [5, 5.41) is 10.6. The summed E-state index contributed by atoms with van der Waals surface area (Å²) in [5.74, 6) is -0.979. The van der Waals surface area contributed by atoms with Crippen LogP contribution in [-0.4, -0.2) is 16.1 Å². The van der Waals surface area contributed by atoms with Crippen LogP contribution < -0.4 is 0 Å². The van der Waals surface area contributed by atoms with Gasteiger partial charge in [-0.05, 0) is 18.6 Å². The topological polar surface area (TPSA) is 66.2 Å². The number of carboxylic acid groups (broad SMARTS) is 1. The largest absolute Gasteiger partial charge is 0.477 e. The minimum Gasteiger partial charge on any atom is -0.477 e. The van der Waals surface area contributed by atoms with Gasteiger partial charge in [0.2, 0.25) is 5.71 Å². The van der Waals surface area contributed by atoms with Gasteiger partial charge in [0.25, 0.3) is 0 Å². The Hall–Kier alpha value is -2.23. The standard InChI is InChI=1S/C12H9NO3/c1-6-3-2-4-7-8-5-9(12(14)15)13-11(8)16-10(6)7/h2-5,13H,1H3,(H,14,15). The molecule has 4 heteroatoms. The smallest absolute Gasteiger partial charge is 0.352 e. The van der Waals surface area contributed by atoms with Crippen LogP contribution in [0.25, 0.3) is 22.1 Å². The first-order valence-electron chi connectivity index (χ1n) is 4.91. The Morgan fingerprint density at radius 1 is 1.38 bits per heavy atom. The lowest BCUT2D eigenvalue weighted by molar-refractivity contribution is 0.0691. The molecule has 0 aliphatic carbocycles. The monoisotopic (exact) mass is 215 g/mol. The molecule has 80 valence electrons. The number of aryl methyl sites for hydroxylation is 1. The molecule has 0 radical (unpaired) electrons. The van der Waals surface area contributed by atoms with E-state index in [-0.39, 0.29) is 5.69 Å². The summed E-state index contributed by atoms with van der Waals surface area (Å²) >= 11 is 0. The highest BCUT2D eigenvalue weighted by molar-refractivity contribution is 6.07. The van der Waals surface area contributed by atoms with Crippen molar-refractivity contribution in [3.63, 3.8) is 0 Å². The molecule has 16 heavy (non-hydrogen) atoms. The lowest BCUT2D eigenvalue weighted by Crippen LogP contribution is -1.94. The molecule has 3 aromatic rings. The Balaban J connectivity index is 2.43. The van der Waals surface area contributed by atoms with Crippen molar-refractivity contribution in [1.29, 1.82) is 0 Å². The average molecular weight is 215 g/mol. The lowest BCUT2D eigenvalue weighted by atomic mass is 10.1. The number of hydrogen-bond donors (Lipinski definition) is 2. The summed E-state index contributed by atoms with van der Waals surface area (Å²) in [6.07, 6.45) is 0. The number of aromatic nitrogens is 1. The van der Waals surface area contributed by atoms with E-state index in [2.05, 4.69) is 4.98 Å². The summed E-state index contributed by atoms with van der Waals surface area (Å²) in [5.41, 5.74) is 2.51. The summed E-state index contributed by atoms with van der Waals surface area (Å²) in [6.45, 7) is 1.96. The molecule has 2 aromatic heterocycles. The van der Waals surface area contributed by atoms with Gasteiger partial charge in [0.05, 0.1) is 0 Å². The van der Waals surface area contributed by atoms with Crippen LogP contribution in [0.4, 0.5) is 0 Å². The van der Waals surface area contributed by atoms with Crippen molar-refractivity contribution in [3.05, 3.63) is 35.5 Å². The minimum atomic E-state index is -0.979. The van der Waals surface area contributed by atoms with Crippen LogP contribution in [0.3, 0.4) is 0 Å². The third kappa shape index (κ3) is 1.07. The first-order chi connectivity index (χ1) is 7.66. The Kier molecular flexibility index (Phi) is 1.63. The summed E-state index contributed by atoms with van der Waals surface area (Å²) in [6, 6.07) is 7.42. The Bertz CT molecular complexity index is 706. The maximum atomic E-state index is 10.8. The van der Waals surface area contributed by atoms with E-state index in [9.17, 15) is 4.79 Å². The van der Waals surface area contributed by atoms with Crippen LogP contribution in [-0.2, 0) is 0 Å². The number of carbonyl (C=O) groups is 1. The maximum absolute atomic E-state index is 10.8. The predicted molar refractivity (Wildman–Crippen MR) is 59.8 cm³/mol. The minimum absolute atomic E-state index is 0.150. The van der Waals surface area contributed by atoms with Crippen LogP contribution in [0.15, 0.2) is 28.7 Å². The molecule has 0 unspecified atom stereocenters. The lowest BCUT2D eigenvalue weighted by Gasteiger charge is -1.92. The number of nitrogens with one attached hydrogen (secondary N) is 1. The Labute approximate surface area is 90.5 Å². The third-order valence-corrected chi connectivity index (χ3v) is 2.72. The van der Waals surface area contributed by atoms with E-state index < -0.39 is 5.97 Å². The highest BCUT2D eigenvalue weighted by atomic mass is 16.4. The molecule has 0 aliphatic rings. The molecule has 0 bridgehead atoms. The van der Waals surface area contributed by atoms with E-state index in [0.29, 0.717) is 5.71 Å². The summed E-state index contributed by atoms with van der Waals surface area (Å²) in [7, 11) is 0. The van der Waals surface area contributed by atoms with Crippen molar-refractivity contribution in [2.75, 3.05) is 0 Å². The Morgan fingerprint density at radius 3 is 2.94 bits per heavy atom. The number of H-pyrrole nitrogens is 1. The molecule has 0 amide bonds. The van der Waals surface area contributed by atoms with Gasteiger partial charge in [0.15, 0.2) is 0 Å². The molecule has 0 saturated heterocycles. The number of hydrogen-bond acceptors (Lipinski definition) is 2. The Morgan fingerprint density at radius 2 is 2.19 bits per heavy atom. The highest BCUT2D eigenvalue weighted by Gasteiger charge is 2.14. The molecule has 0 aliphatic heterocycles. The predicted octanol–water partition coefficient (Wildman–Crippen LogP) is 2.92. The molecule has 0 spiro atoms. The molecule has 3 rings (SSSR count). The molecule has 2 N–H and O–H groups in total. The van der Waals surface area contributed by atoms with Gasteiger partial charge in [0.1, 0.15) is 11.3 Å². The van der Waals surface area contributed by atoms with Gasteiger partial charge >= 0.3 is 5.97 Å². The van der Waals surface area contributed by atoms with Crippen LogP contribution in [0.1, 0.15) is 16.1 Å². The van der Waals surface area contributed by atoms with Crippen molar-refractivity contribution in [2.24, 2.45) is 0 Å². The maximum Gasteiger partial charge on any atom is 0.352 e. The molecular formula is C12H9NO3. The summed E-state index contributed by atoms with van der Waals surface area (Å²) < 4.78 is 5.60. The van der Waals surface area contributed by atoms with Gasteiger partial charge < -0.3 is 14.5 Å². The number of aromatic carboxylic acids is 1. The van der Waals surface area contributed by atoms with Gasteiger partial charge in [-0.25, -0.2) is 4.79 Å². The first kappa shape index (κ1) is 9.03. The fraction of sp³-hybridized carbons (Fsp3) is 0.0833. The van der Waals surface area contributed by atoms with Gasteiger partial charge in [-0.3, -0.25) is 0 Å². The SMILES string of the molecule is Cc1cccc2c1oc1[nH]c(C(=O)O)cc12. The second kappa shape index (κ2) is 2.88. The molecule has 4 nitrogen and oxygen atoms in total. The molecule has 0 fully saturated rings. The van der Waals surface area contributed by atoms with Gasteiger partial charge in [0, 0.05) is 10.8 Å². The number of fused-ring (bicyclic) bond motifs is 3. The molecule has 0 saturated carbocycles. The van der Waals surface area contributed by atoms with Crippen molar-refractivity contribution >= 4 is 28.0 Å². The van der Waals surface area contributed by atoms with Gasteiger partial charge in [-0.1, -0.05) is 18.2 Å². The number of carboxylic acids is 1. The second-order valence-electron chi connectivity index (χ2n) is 3.78. The quantitative estimate of drug-likeness (QED) is 0.655. The van der Waals surface area contributed by atoms with E-state index in [0.717, 1.165) is 21.9 Å². The number of benzene rings is 1. The van der Waals surface area contributed by atoms with Crippen LogP contribution in [0.2, 0.25) is 0 Å². The number of rotatable bonds is 1. The van der Waals surface area contributed by atoms with Crippen LogP contribution in [0.5, 0.6) is 0 Å². The fourth-order valence-electron chi connectivity index (χ4n) is 1.93. The molecule has 2 heterocycles. The van der Waals surface area contributed by atoms with E-state index in [1.165, 1.54) is 0 Å². The first-order valence-corrected chi connectivity index (χ1v) is 4.91. The number of aromatic amines is 1. The van der Waals surface area contributed by atoms with Crippen LogP contribution >= 0.6 is 0 Å². The highest BCUT2D eigenvalue weighted by Crippen LogP contribution is 2.30. The summed E-state index contributed by atoms with van der Waals surface area (Å²) in [4.78, 5) is 13.5. The second-order valence-corrected chi connectivity index (χ2v) is 3.78. The number of para-hydroxylation sites is 1. The fourth-order valence-corrected chi connectivity index (χ4v) is 1.93. The van der Waals surface area contributed by atoms with Crippen molar-refractivity contribution in [3.8, 4) is 0 Å². The van der Waals surface area contributed by atoms with Crippen molar-refractivity contribution in [1.82, 2.24) is 4.98 Å². The molecule has 0 atom stereocenters. The molecule has 1 aromatic carbocycles. The normalized spacial score (nSPS) is 11.3. The van der Waals surface area contributed by atoms with E-state index in [1.54, 1.807) is 6.07 Å². The van der Waals surface area contributed by atoms with Gasteiger partial charge in [-0.2, -0.15) is 0 Å². The van der Waals surface area contributed by atoms with Crippen molar-refractivity contribution < 1.29 is 14.3 Å². The van der Waals surface area contributed by atoms with E-state index >= 15 is 0 Å². The zero-order valence-corrected chi connectivity index (χ0v) is 8.57. The van der Waals surface area contributed by atoms with Crippen LogP contribution in [0, 0.1) is 6.92 Å². The van der Waals surface area contributed by atoms with Crippen molar-refractivity contribution in [2.45, 2.75) is 6.92 Å². The van der Waals surface area contributed by atoms with Gasteiger partial charge in [-0.15, -0.1) is 0 Å². The van der Waals surface area contributed by atoms with E-state index in [1.807, 2.05) is 25.1 Å². The third-order valence-electron chi connectivity index (χ3n) is 2.72. The zero-order chi connectivity index (χ0) is 11.3. The average Bonchev–Trinajstić information content (AvgIpc) is 2.76. The van der Waals surface area contributed by atoms with E-state index in [4.69, 9.17) is 9.52 Å². The number of furan rings is 1. The zero-order valence-electron chi connectivity index (χ0n) is 8.57. The molecular weight excluding hydrogens is 206 g/mol.